The van der Waals surface area contributed by atoms with Gasteiger partial charge in [0.1, 0.15) is 5.75 Å². The van der Waals surface area contributed by atoms with Crippen molar-refractivity contribution in [3.05, 3.63) is 82.9 Å². The van der Waals surface area contributed by atoms with Gasteiger partial charge in [-0.3, -0.25) is 14.2 Å². The smallest absolute Gasteiger partial charge is 0.255 e. The van der Waals surface area contributed by atoms with Crippen LogP contribution in [0.4, 0.5) is 0 Å². The lowest BCUT2D eigenvalue weighted by atomic mass is 10.1. The van der Waals surface area contributed by atoms with Crippen molar-refractivity contribution in [2.45, 2.75) is 13.5 Å². The van der Waals surface area contributed by atoms with E-state index in [0.717, 1.165) is 5.56 Å². The average Bonchev–Trinajstić information content (AvgIpc) is 2.70. The molecular formula is C21H21N3O3. The van der Waals surface area contributed by atoms with E-state index in [1.165, 1.54) is 17.0 Å². The second kappa shape index (κ2) is 8.80. The van der Waals surface area contributed by atoms with E-state index in [1.54, 1.807) is 18.2 Å². The quantitative estimate of drug-likeness (QED) is 0.700. The number of carbonyl (C=O) groups is 1. The summed E-state index contributed by atoms with van der Waals surface area (Å²) in [6.45, 7) is 3.00. The lowest BCUT2D eigenvalue weighted by Gasteiger charge is -2.11. The van der Waals surface area contributed by atoms with Crippen molar-refractivity contribution in [3.63, 3.8) is 0 Å². The molecule has 0 fully saturated rings. The summed E-state index contributed by atoms with van der Waals surface area (Å²) in [4.78, 5) is 29.0. The molecule has 6 nitrogen and oxygen atoms in total. The van der Waals surface area contributed by atoms with Gasteiger partial charge in [-0.2, -0.15) is 0 Å². The number of para-hydroxylation sites is 1. The van der Waals surface area contributed by atoms with Gasteiger partial charge in [-0.05, 0) is 19.1 Å². The molecule has 6 heteroatoms. The van der Waals surface area contributed by atoms with Crippen molar-refractivity contribution in [2.24, 2.45) is 0 Å². The molecule has 27 heavy (non-hydrogen) atoms. The molecule has 0 unspecified atom stereocenters. The third-order valence-electron chi connectivity index (χ3n) is 4.02. The Kier molecular flexibility index (Phi) is 5.99. The van der Waals surface area contributed by atoms with Crippen LogP contribution in [-0.4, -0.2) is 28.6 Å². The molecule has 1 heterocycles. The van der Waals surface area contributed by atoms with Crippen molar-refractivity contribution in [3.8, 4) is 17.0 Å². The number of nitrogens with one attached hydrogen (secondary N) is 1. The first kappa shape index (κ1) is 18.4. The molecule has 3 aromatic rings. The zero-order chi connectivity index (χ0) is 19.1. The zero-order valence-corrected chi connectivity index (χ0v) is 15.1. The van der Waals surface area contributed by atoms with Crippen LogP contribution in [0.3, 0.4) is 0 Å². The Labute approximate surface area is 157 Å². The minimum atomic E-state index is -0.235. The molecule has 0 aliphatic heterocycles. The van der Waals surface area contributed by atoms with Crippen LogP contribution in [0.15, 0.2) is 71.8 Å². The first-order valence-electron chi connectivity index (χ1n) is 8.81. The van der Waals surface area contributed by atoms with Crippen LogP contribution >= 0.6 is 0 Å². The number of aromatic nitrogens is 2. The van der Waals surface area contributed by atoms with Gasteiger partial charge in [0.25, 0.3) is 11.5 Å². The fourth-order valence-electron chi connectivity index (χ4n) is 2.68. The summed E-state index contributed by atoms with van der Waals surface area (Å²) >= 11 is 0. The average molecular weight is 363 g/mol. The third-order valence-corrected chi connectivity index (χ3v) is 4.02. The molecule has 0 saturated heterocycles. The van der Waals surface area contributed by atoms with Crippen molar-refractivity contribution in [2.75, 3.05) is 13.2 Å². The van der Waals surface area contributed by atoms with Crippen LogP contribution in [0.25, 0.3) is 11.3 Å². The van der Waals surface area contributed by atoms with E-state index in [0.29, 0.717) is 36.7 Å². The van der Waals surface area contributed by atoms with E-state index >= 15 is 0 Å². The van der Waals surface area contributed by atoms with Crippen LogP contribution in [0, 0.1) is 0 Å². The van der Waals surface area contributed by atoms with Gasteiger partial charge in [0, 0.05) is 24.7 Å². The molecule has 0 bridgehead atoms. The fraction of sp³-hybridized carbons (Fsp3) is 0.190. The molecule has 0 saturated carbocycles. The fourth-order valence-corrected chi connectivity index (χ4v) is 2.68. The number of amides is 1. The molecule has 0 aliphatic rings. The Morgan fingerprint density at radius 3 is 2.59 bits per heavy atom. The zero-order valence-electron chi connectivity index (χ0n) is 15.1. The van der Waals surface area contributed by atoms with E-state index in [2.05, 4.69) is 10.3 Å². The van der Waals surface area contributed by atoms with Gasteiger partial charge in [0.05, 0.1) is 24.2 Å². The number of ether oxygens (including phenoxy) is 1. The van der Waals surface area contributed by atoms with Crippen LogP contribution in [-0.2, 0) is 6.54 Å². The molecule has 2 aromatic carbocycles. The highest BCUT2D eigenvalue weighted by atomic mass is 16.5. The summed E-state index contributed by atoms with van der Waals surface area (Å²) in [5.41, 5.74) is 1.84. The summed E-state index contributed by atoms with van der Waals surface area (Å²) in [6.07, 6.45) is 1.50. The highest BCUT2D eigenvalue weighted by Gasteiger charge is 2.11. The van der Waals surface area contributed by atoms with Gasteiger partial charge in [0.2, 0.25) is 0 Å². The van der Waals surface area contributed by atoms with Crippen LogP contribution in [0.5, 0.6) is 5.75 Å². The summed E-state index contributed by atoms with van der Waals surface area (Å²) in [5.74, 6) is 0.310. The Morgan fingerprint density at radius 1 is 1.11 bits per heavy atom. The van der Waals surface area contributed by atoms with Gasteiger partial charge in [-0.15, -0.1) is 0 Å². The Morgan fingerprint density at radius 2 is 1.85 bits per heavy atom. The van der Waals surface area contributed by atoms with Crippen LogP contribution in [0.2, 0.25) is 0 Å². The maximum Gasteiger partial charge on any atom is 0.255 e. The predicted molar refractivity (Wildman–Crippen MR) is 104 cm³/mol. The van der Waals surface area contributed by atoms with Gasteiger partial charge in [0.15, 0.2) is 0 Å². The maximum absolute atomic E-state index is 12.4. The summed E-state index contributed by atoms with van der Waals surface area (Å²) in [5, 5.41) is 2.81. The van der Waals surface area contributed by atoms with Crippen molar-refractivity contribution < 1.29 is 9.53 Å². The van der Waals surface area contributed by atoms with E-state index in [-0.39, 0.29) is 11.5 Å². The topological polar surface area (TPSA) is 73.2 Å². The van der Waals surface area contributed by atoms with Crippen LogP contribution in [0.1, 0.15) is 17.3 Å². The highest BCUT2D eigenvalue weighted by Crippen LogP contribution is 2.17. The molecule has 1 N–H and O–H groups in total. The highest BCUT2D eigenvalue weighted by molar-refractivity contribution is 5.96. The number of hydrogen-bond acceptors (Lipinski definition) is 4. The summed E-state index contributed by atoms with van der Waals surface area (Å²) in [6, 6.07) is 18.1. The lowest BCUT2D eigenvalue weighted by Crippen LogP contribution is -2.31. The van der Waals surface area contributed by atoms with Gasteiger partial charge >= 0.3 is 0 Å². The number of hydrogen-bond donors (Lipinski definition) is 1. The van der Waals surface area contributed by atoms with E-state index < -0.39 is 0 Å². The van der Waals surface area contributed by atoms with Crippen molar-refractivity contribution in [1.82, 2.24) is 14.9 Å². The van der Waals surface area contributed by atoms with Gasteiger partial charge < -0.3 is 10.1 Å². The normalized spacial score (nSPS) is 10.4. The Balaban J connectivity index is 1.62. The molecule has 0 spiro atoms. The largest absolute Gasteiger partial charge is 0.493 e. The number of nitrogens with zero attached hydrogens (tertiary/aromatic N) is 2. The van der Waals surface area contributed by atoms with Crippen molar-refractivity contribution >= 4 is 5.91 Å². The molecule has 1 aromatic heterocycles. The number of carbonyl (C=O) groups excluding carboxylic acids is 1. The SMILES string of the molecule is CCOc1ccccc1C(=O)NCCn1cnc(-c2ccccc2)cc1=O. The first-order valence-corrected chi connectivity index (χ1v) is 8.81. The standard InChI is InChI=1S/C21H21N3O3/c1-2-27-19-11-7-6-10-17(19)21(26)22-12-13-24-15-23-18(14-20(24)25)16-8-4-3-5-9-16/h3-11,14-15H,2,12-13H2,1H3,(H,22,26). The third kappa shape index (κ3) is 4.61. The monoisotopic (exact) mass is 363 g/mol. The Hall–Kier alpha value is -3.41. The molecule has 0 atom stereocenters. The minimum absolute atomic E-state index is 0.159. The summed E-state index contributed by atoms with van der Waals surface area (Å²) < 4.78 is 6.94. The second-order valence-corrected chi connectivity index (χ2v) is 5.86. The predicted octanol–water partition coefficient (Wildman–Crippen LogP) is 2.74. The minimum Gasteiger partial charge on any atom is -0.493 e. The van der Waals surface area contributed by atoms with Crippen molar-refractivity contribution in [1.29, 1.82) is 0 Å². The van der Waals surface area contributed by atoms with E-state index in [1.807, 2.05) is 43.3 Å². The van der Waals surface area contributed by atoms with Gasteiger partial charge in [-0.1, -0.05) is 42.5 Å². The Bertz CT molecular complexity index is 968. The second-order valence-electron chi connectivity index (χ2n) is 5.86. The first-order chi connectivity index (χ1) is 13.2. The van der Waals surface area contributed by atoms with E-state index in [4.69, 9.17) is 4.74 Å². The molecule has 3 rings (SSSR count). The maximum atomic E-state index is 12.4. The number of rotatable bonds is 7. The molecule has 0 radical (unpaired) electrons. The van der Waals surface area contributed by atoms with E-state index in [9.17, 15) is 9.59 Å². The van der Waals surface area contributed by atoms with Crippen LogP contribution < -0.4 is 15.6 Å². The lowest BCUT2D eigenvalue weighted by molar-refractivity contribution is 0.0948. The number of benzene rings is 2. The molecule has 1 amide bonds. The summed E-state index contributed by atoms with van der Waals surface area (Å²) in [7, 11) is 0. The molecule has 138 valence electrons. The molecule has 0 aliphatic carbocycles. The van der Waals surface area contributed by atoms with Gasteiger partial charge in [-0.25, -0.2) is 4.98 Å². The molecular weight excluding hydrogens is 342 g/mol.